The Hall–Kier alpha value is -2.30. The lowest BCUT2D eigenvalue weighted by atomic mass is 10.3. The number of anilines is 1. The van der Waals surface area contributed by atoms with Gasteiger partial charge in [-0.15, -0.1) is 0 Å². The molecule has 1 heterocycles. The number of sulfone groups is 1. The first-order valence-corrected chi connectivity index (χ1v) is 6.98. The van der Waals surface area contributed by atoms with Gasteiger partial charge in [-0.25, -0.2) is 18.3 Å². The molecular weight excluding hydrogens is 313 g/mol. The van der Waals surface area contributed by atoms with Crippen molar-refractivity contribution in [2.75, 3.05) is 5.32 Å². The molecule has 0 spiro atoms. The van der Waals surface area contributed by atoms with E-state index in [4.69, 9.17) is 0 Å². The molecule has 3 N–H and O–H groups in total. The quantitative estimate of drug-likeness (QED) is 0.778. The third-order valence-electron chi connectivity index (χ3n) is 2.48. The number of alkyl halides is 3. The minimum Gasteiger partial charge on any atom is -0.377 e. The maximum atomic E-state index is 12.6. The number of hydrogen-bond acceptors (Lipinski definition) is 5. The topological polar surface area (TPSA) is 108 Å². The van der Waals surface area contributed by atoms with Gasteiger partial charge in [-0.3, -0.25) is 4.98 Å². The molecule has 7 nitrogen and oxygen atoms in total. The first-order valence-electron chi connectivity index (χ1n) is 5.49. The van der Waals surface area contributed by atoms with E-state index in [1.807, 2.05) is 0 Å². The van der Waals surface area contributed by atoms with Crippen LogP contribution in [0.15, 0.2) is 34.0 Å². The van der Waals surface area contributed by atoms with Crippen LogP contribution in [0.2, 0.25) is 0 Å². The van der Waals surface area contributed by atoms with Crippen molar-refractivity contribution in [2.45, 2.75) is 16.9 Å². The highest BCUT2D eigenvalue weighted by molar-refractivity contribution is 7.92. The third-order valence-corrected chi connectivity index (χ3v) is 4.02. The highest BCUT2D eigenvalue weighted by Gasteiger charge is 2.47. The van der Waals surface area contributed by atoms with Gasteiger partial charge in [0, 0.05) is 0 Å². The molecule has 0 aliphatic carbocycles. The average Bonchev–Trinajstić information content (AvgIpc) is 2.81. The number of rotatable bonds is 4. The van der Waals surface area contributed by atoms with E-state index in [1.54, 1.807) is 0 Å². The summed E-state index contributed by atoms with van der Waals surface area (Å²) in [4.78, 5) is 12.2. The molecule has 114 valence electrons. The lowest BCUT2D eigenvalue weighted by Gasteiger charge is -2.13. The van der Waals surface area contributed by atoms with Gasteiger partial charge < -0.3 is 5.32 Å². The van der Waals surface area contributed by atoms with Gasteiger partial charge in [-0.1, -0.05) is 12.1 Å². The maximum Gasteiger partial charge on any atom is 0.501 e. The fourth-order valence-electron chi connectivity index (χ4n) is 1.54. The van der Waals surface area contributed by atoms with Gasteiger partial charge in [-0.05, 0) is 12.1 Å². The van der Waals surface area contributed by atoms with Crippen molar-refractivity contribution in [3.8, 4) is 0 Å². The van der Waals surface area contributed by atoms with E-state index < -0.39 is 25.9 Å². The van der Waals surface area contributed by atoms with Crippen LogP contribution >= 0.6 is 0 Å². The van der Waals surface area contributed by atoms with Crippen LogP contribution in [0.1, 0.15) is 5.82 Å². The molecule has 0 aliphatic heterocycles. The van der Waals surface area contributed by atoms with Crippen molar-refractivity contribution in [1.29, 1.82) is 0 Å². The largest absolute Gasteiger partial charge is 0.501 e. The number of H-pyrrole nitrogens is 2. The van der Waals surface area contributed by atoms with Crippen molar-refractivity contribution >= 4 is 15.5 Å². The van der Waals surface area contributed by atoms with Gasteiger partial charge in [0.2, 0.25) is 0 Å². The fraction of sp³-hybridized carbons (Fsp3) is 0.200. The molecule has 0 radical (unpaired) electrons. The highest BCUT2D eigenvalue weighted by Crippen LogP contribution is 2.34. The third kappa shape index (κ3) is 3.07. The number of nitrogens with zero attached hydrogens (tertiary/aromatic N) is 1. The molecule has 2 rings (SSSR count). The Morgan fingerprint density at radius 3 is 2.48 bits per heavy atom. The summed E-state index contributed by atoms with van der Waals surface area (Å²) in [6.45, 7) is -0.150. The Morgan fingerprint density at radius 1 is 1.24 bits per heavy atom. The van der Waals surface area contributed by atoms with Crippen LogP contribution in [0, 0.1) is 0 Å². The van der Waals surface area contributed by atoms with E-state index >= 15 is 0 Å². The minimum absolute atomic E-state index is 0.124. The Balaban J connectivity index is 2.32. The highest BCUT2D eigenvalue weighted by atomic mass is 32.2. The molecule has 0 unspecified atom stereocenters. The van der Waals surface area contributed by atoms with Crippen molar-refractivity contribution in [1.82, 2.24) is 15.2 Å². The number of para-hydroxylation sites is 1. The molecule has 11 heteroatoms. The monoisotopic (exact) mass is 322 g/mol. The molecule has 0 saturated carbocycles. The second-order valence-corrected chi connectivity index (χ2v) is 5.83. The second-order valence-electron chi connectivity index (χ2n) is 3.92. The SMILES string of the molecule is O=c1[nH]nc(CNc2ccccc2S(=O)(=O)C(F)(F)F)[nH]1. The lowest BCUT2D eigenvalue weighted by molar-refractivity contribution is -0.0435. The van der Waals surface area contributed by atoms with Gasteiger partial charge in [0.25, 0.3) is 9.84 Å². The van der Waals surface area contributed by atoms with Gasteiger partial charge in [-0.2, -0.15) is 18.3 Å². The first-order chi connectivity index (χ1) is 9.72. The normalized spacial score (nSPS) is 12.3. The molecule has 0 amide bonds. The second kappa shape index (κ2) is 5.24. The molecule has 0 aliphatic rings. The molecule has 0 saturated heterocycles. The molecular formula is C10H9F3N4O3S. The van der Waals surface area contributed by atoms with Gasteiger partial charge in [0.15, 0.2) is 0 Å². The van der Waals surface area contributed by atoms with E-state index in [-0.39, 0.29) is 18.1 Å². The Kier molecular flexibility index (Phi) is 3.77. The van der Waals surface area contributed by atoms with E-state index in [9.17, 15) is 26.4 Å². The van der Waals surface area contributed by atoms with Crippen molar-refractivity contribution < 1.29 is 21.6 Å². The number of hydrogen-bond donors (Lipinski definition) is 3. The van der Waals surface area contributed by atoms with E-state index in [0.717, 1.165) is 6.07 Å². The molecule has 21 heavy (non-hydrogen) atoms. The average molecular weight is 322 g/mol. The number of halogens is 3. The van der Waals surface area contributed by atoms with Crippen molar-refractivity contribution in [3.05, 3.63) is 40.6 Å². The zero-order valence-electron chi connectivity index (χ0n) is 10.2. The zero-order valence-corrected chi connectivity index (χ0v) is 11.0. The summed E-state index contributed by atoms with van der Waals surface area (Å²) in [6, 6.07) is 4.59. The fourth-order valence-corrected chi connectivity index (χ4v) is 2.48. The van der Waals surface area contributed by atoms with E-state index in [2.05, 4.69) is 20.5 Å². The molecule has 0 atom stereocenters. The van der Waals surface area contributed by atoms with Crippen LogP contribution in [0.5, 0.6) is 0 Å². The van der Waals surface area contributed by atoms with E-state index in [1.165, 1.54) is 18.2 Å². The number of benzene rings is 1. The maximum absolute atomic E-state index is 12.6. The Bertz CT molecular complexity index is 794. The predicted molar refractivity (Wildman–Crippen MR) is 66.2 cm³/mol. The Morgan fingerprint density at radius 2 is 1.90 bits per heavy atom. The molecule has 0 fully saturated rings. The van der Waals surface area contributed by atoms with Crippen LogP contribution in [-0.2, 0) is 16.4 Å². The predicted octanol–water partition coefficient (Wildman–Crippen LogP) is 1.00. The molecule has 1 aromatic carbocycles. The molecule has 0 bridgehead atoms. The molecule has 2 aromatic rings. The Labute approximate surface area is 116 Å². The van der Waals surface area contributed by atoms with E-state index in [0.29, 0.717) is 0 Å². The van der Waals surface area contributed by atoms with Crippen molar-refractivity contribution in [2.24, 2.45) is 0 Å². The van der Waals surface area contributed by atoms with Crippen LogP contribution in [0.3, 0.4) is 0 Å². The number of aromatic nitrogens is 3. The van der Waals surface area contributed by atoms with Crippen LogP contribution < -0.4 is 11.0 Å². The van der Waals surface area contributed by atoms with Crippen LogP contribution in [0.4, 0.5) is 18.9 Å². The zero-order chi connectivity index (χ0) is 15.7. The lowest BCUT2D eigenvalue weighted by Crippen LogP contribution is -2.24. The summed E-state index contributed by atoms with van der Waals surface area (Å²) in [5.41, 5.74) is -6.22. The van der Waals surface area contributed by atoms with Gasteiger partial charge >= 0.3 is 11.2 Å². The van der Waals surface area contributed by atoms with Gasteiger partial charge in [0.05, 0.1) is 17.1 Å². The smallest absolute Gasteiger partial charge is 0.377 e. The summed E-state index contributed by atoms with van der Waals surface area (Å²) in [7, 11) is -5.47. The minimum atomic E-state index is -5.47. The summed E-state index contributed by atoms with van der Waals surface area (Å²) in [6.07, 6.45) is 0. The summed E-state index contributed by atoms with van der Waals surface area (Å²) in [5.74, 6) is 0.124. The summed E-state index contributed by atoms with van der Waals surface area (Å²) in [5, 5.41) is 8.11. The summed E-state index contributed by atoms with van der Waals surface area (Å²) >= 11 is 0. The van der Waals surface area contributed by atoms with Crippen LogP contribution in [-0.4, -0.2) is 29.1 Å². The summed E-state index contributed by atoms with van der Waals surface area (Å²) < 4.78 is 60.6. The number of aromatic amines is 2. The first kappa shape index (κ1) is 15.1. The van der Waals surface area contributed by atoms with Gasteiger partial charge in [0.1, 0.15) is 5.82 Å². The standard InChI is InChI=1S/C10H9F3N4O3S/c11-10(12,13)21(19,20)7-4-2-1-3-6(7)14-5-8-15-9(18)17-16-8/h1-4,14H,5H2,(H2,15,16,17,18). The molecule has 1 aromatic heterocycles. The number of nitrogens with one attached hydrogen (secondary N) is 3. The van der Waals surface area contributed by atoms with Crippen molar-refractivity contribution in [3.63, 3.8) is 0 Å². The van der Waals surface area contributed by atoms with Crippen LogP contribution in [0.25, 0.3) is 0 Å².